The van der Waals surface area contributed by atoms with E-state index < -0.39 is 58.8 Å². The van der Waals surface area contributed by atoms with Crippen molar-refractivity contribution in [3.8, 4) is 0 Å². The third kappa shape index (κ3) is 3.21. The Morgan fingerprint density at radius 3 is 2.56 bits per heavy atom. The molecule has 9 nitrogen and oxygen atoms in total. The molecule has 218 valence electrons. The van der Waals surface area contributed by atoms with Crippen LogP contribution in [0.4, 0.5) is 0 Å². The van der Waals surface area contributed by atoms with Crippen LogP contribution in [0, 0.1) is 11.3 Å². The van der Waals surface area contributed by atoms with Crippen molar-refractivity contribution in [2.45, 2.75) is 92.4 Å². The van der Waals surface area contributed by atoms with E-state index in [-0.39, 0.29) is 19.0 Å². The smallest absolute Gasteiger partial charge is 0.121 e. The van der Waals surface area contributed by atoms with Crippen LogP contribution in [-0.4, -0.2) is 101 Å². The fraction of sp³-hybridized carbons (Fsp3) is 0.594. The van der Waals surface area contributed by atoms with E-state index in [2.05, 4.69) is 18.0 Å². The van der Waals surface area contributed by atoms with Crippen molar-refractivity contribution in [2.24, 2.45) is 11.3 Å². The molecule has 4 fully saturated rings. The van der Waals surface area contributed by atoms with Crippen molar-refractivity contribution in [2.75, 3.05) is 13.1 Å². The highest BCUT2D eigenvalue weighted by molar-refractivity contribution is 5.82. The Labute approximate surface area is 238 Å². The van der Waals surface area contributed by atoms with Gasteiger partial charge in [-0.1, -0.05) is 31.2 Å². The maximum absolute atomic E-state index is 12.5. The van der Waals surface area contributed by atoms with Crippen LogP contribution in [0.25, 0.3) is 10.8 Å². The number of hydrogen-bond acceptors (Lipinski definition) is 9. The summed E-state index contributed by atoms with van der Waals surface area (Å²) in [5.74, 6) is -0.186. The number of ether oxygens (including phenoxy) is 1. The molecule has 1 aromatic heterocycles. The van der Waals surface area contributed by atoms with E-state index in [0.717, 1.165) is 16.3 Å². The van der Waals surface area contributed by atoms with Gasteiger partial charge >= 0.3 is 0 Å². The van der Waals surface area contributed by atoms with Gasteiger partial charge in [-0.2, -0.15) is 0 Å². The van der Waals surface area contributed by atoms with Gasteiger partial charge in [-0.15, -0.1) is 0 Å². The topological polar surface area (TPSA) is 147 Å². The Bertz CT molecular complexity index is 1490. The molecule has 2 saturated carbocycles. The van der Waals surface area contributed by atoms with Crippen molar-refractivity contribution in [1.82, 2.24) is 9.88 Å². The van der Waals surface area contributed by atoms with Gasteiger partial charge in [0.1, 0.15) is 11.7 Å². The van der Waals surface area contributed by atoms with Crippen molar-refractivity contribution in [3.05, 3.63) is 65.5 Å². The quantitative estimate of drug-likeness (QED) is 0.314. The van der Waals surface area contributed by atoms with Crippen LogP contribution < -0.4 is 0 Å². The fourth-order valence-electron chi connectivity index (χ4n) is 9.70. The van der Waals surface area contributed by atoms with E-state index in [9.17, 15) is 30.6 Å². The second-order valence-corrected chi connectivity index (χ2v) is 13.7. The molecule has 6 aliphatic rings. The lowest BCUT2D eigenvalue weighted by Crippen LogP contribution is -2.63. The zero-order valence-corrected chi connectivity index (χ0v) is 23.1. The summed E-state index contributed by atoms with van der Waals surface area (Å²) in [6.45, 7) is 2.51. The Hall–Kier alpha value is -2.21. The minimum Gasteiger partial charge on any atom is -0.390 e. The molecule has 1 aromatic carbocycles. The molecule has 2 spiro atoms. The zero-order valence-electron chi connectivity index (χ0n) is 23.1. The van der Waals surface area contributed by atoms with Crippen LogP contribution in [0.1, 0.15) is 44.6 Å². The molecule has 4 heterocycles. The number of aliphatic hydroxyl groups excluding tert-OH is 5. The molecule has 1 unspecified atom stereocenters. The molecule has 11 atom stereocenters. The third-order valence-corrected chi connectivity index (χ3v) is 11.9. The SMILES string of the molecule is C[C@]12CC=C3C=C4[C@@H](O)[C@@H](O)[C@@H](N5C[C@H](O)[C@@H](O)C5)C[C@]45CCC3(O5)[C@@H]1C[C@@H](O)[C@]2(O)c1ccc2ccncc2c1. The van der Waals surface area contributed by atoms with E-state index in [4.69, 9.17) is 4.74 Å². The molecule has 6 N–H and O–H groups in total. The van der Waals surface area contributed by atoms with E-state index in [0.29, 0.717) is 43.2 Å². The maximum atomic E-state index is 12.5. The van der Waals surface area contributed by atoms with Gasteiger partial charge in [-0.25, -0.2) is 0 Å². The summed E-state index contributed by atoms with van der Waals surface area (Å²) in [5, 5.41) is 69.0. The fourth-order valence-corrected chi connectivity index (χ4v) is 9.70. The summed E-state index contributed by atoms with van der Waals surface area (Å²) in [4.78, 5) is 6.11. The van der Waals surface area contributed by atoms with Crippen molar-refractivity contribution in [3.63, 3.8) is 0 Å². The number of hydrogen-bond donors (Lipinski definition) is 6. The van der Waals surface area contributed by atoms with Crippen molar-refractivity contribution >= 4 is 10.8 Å². The van der Waals surface area contributed by atoms with Crippen LogP contribution in [0.5, 0.6) is 0 Å². The molecular formula is C32H38N2O7. The second kappa shape index (κ2) is 8.45. The molecule has 3 aliphatic heterocycles. The van der Waals surface area contributed by atoms with Crippen molar-refractivity contribution < 1.29 is 35.4 Å². The first-order valence-electron chi connectivity index (χ1n) is 14.9. The third-order valence-electron chi connectivity index (χ3n) is 11.9. The molecule has 2 bridgehead atoms. The lowest BCUT2D eigenvalue weighted by molar-refractivity contribution is -0.187. The standard InChI is InChI=1S/C32H38N2O7/c1-29-6-4-19-11-21-27(38)28(39)22(34-15-23(35)24(36)16-34)13-30(21)7-8-31(19,41-30)25(29)12-26(37)32(29,40)20-3-2-17-5-9-33-14-18(17)10-20/h2-5,9-11,14,22-28,35-40H,6-8,12-13,15-16H2,1H3/t22-,23-,24-,25+,26+,27+,28-,29-,30+,31?,32+/m0/s1. The van der Waals surface area contributed by atoms with Crippen molar-refractivity contribution in [1.29, 1.82) is 0 Å². The lowest BCUT2D eigenvalue weighted by atomic mass is 9.56. The molecule has 2 saturated heterocycles. The predicted octanol–water partition coefficient (Wildman–Crippen LogP) is 0.899. The molecule has 8 rings (SSSR count). The first-order valence-corrected chi connectivity index (χ1v) is 14.9. The normalized spacial score (nSPS) is 48.9. The van der Waals surface area contributed by atoms with Crippen LogP contribution in [-0.2, 0) is 10.3 Å². The first-order chi connectivity index (χ1) is 19.5. The van der Waals surface area contributed by atoms with Gasteiger partial charge in [0.15, 0.2) is 0 Å². The number of nitrogens with zero attached hydrogens (tertiary/aromatic N) is 2. The largest absolute Gasteiger partial charge is 0.390 e. The number of pyridine rings is 1. The minimum absolute atomic E-state index is 0.186. The van der Waals surface area contributed by atoms with Gasteiger partial charge in [0.25, 0.3) is 0 Å². The average Bonchev–Trinajstić information content (AvgIpc) is 3.54. The Morgan fingerprint density at radius 2 is 1.78 bits per heavy atom. The van der Waals surface area contributed by atoms with Crippen LogP contribution >= 0.6 is 0 Å². The van der Waals surface area contributed by atoms with Gasteiger partial charge in [-0.05, 0) is 66.3 Å². The van der Waals surface area contributed by atoms with Gasteiger partial charge in [0.05, 0.1) is 35.6 Å². The highest BCUT2D eigenvalue weighted by atomic mass is 16.5. The van der Waals surface area contributed by atoms with Gasteiger partial charge in [-0.3, -0.25) is 9.88 Å². The summed E-state index contributed by atoms with van der Waals surface area (Å²) < 4.78 is 7.18. The Morgan fingerprint density at radius 1 is 1.00 bits per heavy atom. The van der Waals surface area contributed by atoms with E-state index in [1.807, 2.05) is 35.2 Å². The second-order valence-electron chi connectivity index (χ2n) is 13.7. The number of aliphatic hydroxyl groups is 6. The number of allylic oxidation sites excluding steroid dienone is 1. The van der Waals surface area contributed by atoms with Crippen LogP contribution in [0.15, 0.2) is 60.0 Å². The molecule has 0 amide bonds. The first kappa shape index (κ1) is 26.4. The molecule has 2 aromatic rings. The van der Waals surface area contributed by atoms with Gasteiger partial charge < -0.3 is 35.4 Å². The highest BCUT2D eigenvalue weighted by Gasteiger charge is 2.73. The number of benzene rings is 1. The van der Waals surface area contributed by atoms with Gasteiger partial charge in [0, 0.05) is 48.2 Å². The Balaban J connectivity index is 1.19. The Kier molecular flexibility index (Phi) is 5.45. The summed E-state index contributed by atoms with van der Waals surface area (Å²) in [6.07, 6.45) is 5.26. The number of fused-ring (bicyclic) bond motifs is 2. The predicted molar refractivity (Wildman–Crippen MR) is 148 cm³/mol. The molecule has 9 heteroatoms. The number of likely N-dealkylation sites (tertiary alicyclic amines) is 1. The number of β-amino-alcohol motifs (C(OH)–C–C–N with tert-alkyl or cyclic N) is 2. The minimum atomic E-state index is -1.51. The average molecular weight is 563 g/mol. The maximum Gasteiger partial charge on any atom is 0.121 e. The molecule has 0 radical (unpaired) electrons. The zero-order chi connectivity index (χ0) is 28.5. The number of rotatable bonds is 2. The number of aromatic nitrogens is 1. The van der Waals surface area contributed by atoms with Gasteiger partial charge in [0.2, 0.25) is 0 Å². The highest BCUT2D eigenvalue weighted by Crippen LogP contribution is 2.70. The van der Waals surface area contributed by atoms with E-state index >= 15 is 0 Å². The summed E-state index contributed by atoms with van der Waals surface area (Å²) in [6, 6.07) is 7.26. The molecule has 41 heavy (non-hydrogen) atoms. The molecule has 3 aliphatic carbocycles. The summed E-state index contributed by atoms with van der Waals surface area (Å²) >= 11 is 0. The molecular weight excluding hydrogens is 524 g/mol. The summed E-state index contributed by atoms with van der Waals surface area (Å²) in [7, 11) is 0. The van der Waals surface area contributed by atoms with E-state index in [1.165, 1.54) is 0 Å². The van der Waals surface area contributed by atoms with Crippen LogP contribution in [0.3, 0.4) is 0 Å². The van der Waals surface area contributed by atoms with Crippen LogP contribution in [0.2, 0.25) is 0 Å². The van der Waals surface area contributed by atoms with E-state index in [1.54, 1.807) is 12.4 Å². The monoisotopic (exact) mass is 562 g/mol. The lowest BCUT2D eigenvalue weighted by Gasteiger charge is -2.57. The summed E-state index contributed by atoms with van der Waals surface area (Å²) in [5.41, 5.74) is -1.47.